The molecule has 68 valence electrons. The van der Waals surface area contributed by atoms with Gasteiger partial charge >= 0.3 is 0 Å². The molecule has 1 rings (SSSR count). The number of nitrogens with zero attached hydrogens (tertiary/aromatic N) is 1. The number of halogens is 2. The first-order valence-corrected chi connectivity index (χ1v) is 4.44. The molecule has 0 aliphatic rings. The zero-order valence-corrected chi connectivity index (χ0v) is 8.25. The molecular weight excluding hydrogens is 237 g/mol. The Hall–Kier alpha value is -0.920. The predicted molar refractivity (Wildman–Crippen MR) is 49.3 cm³/mol. The van der Waals surface area contributed by atoms with E-state index in [1.54, 1.807) is 12.1 Å². The number of hydrogen-bond donors (Lipinski definition) is 1. The molecule has 0 heterocycles. The maximum atomic E-state index is 13.1. The second-order valence-electron chi connectivity index (χ2n) is 2.54. The van der Waals surface area contributed by atoms with Crippen LogP contribution >= 0.6 is 15.9 Å². The van der Waals surface area contributed by atoms with Crippen molar-refractivity contribution in [2.75, 3.05) is 0 Å². The molecule has 0 radical (unpaired) electrons. The molecule has 1 atom stereocenters. The van der Waals surface area contributed by atoms with E-state index < -0.39 is 11.9 Å². The standard InChI is InChI=1S/C9H7BrFNO/c10-6-1-2-7(8(11)5-6)9(13)3-4-12/h1-2,5,9,13H,3H2. The van der Waals surface area contributed by atoms with Crippen LogP contribution in [0.2, 0.25) is 0 Å². The van der Waals surface area contributed by atoms with Crippen molar-refractivity contribution in [3.8, 4) is 6.07 Å². The molecule has 0 saturated carbocycles. The quantitative estimate of drug-likeness (QED) is 0.868. The average Bonchev–Trinajstić information content (AvgIpc) is 2.04. The molecule has 2 nitrogen and oxygen atoms in total. The molecule has 0 amide bonds. The van der Waals surface area contributed by atoms with Gasteiger partial charge in [0.1, 0.15) is 5.82 Å². The molecule has 1 N–H and O–H groups in total. The van der Waals surface area contributed by atoms with Crippen molar-refractivity contribution in [2.24, 2.45) is 0 Å². The van der Waals surface area contributed by atoms with Gasteiger partial charge in [0.2, 0.25) is 0 Å². The summed E-state index contributed by atoms with van der Waals surface area (Å²) in [5, 5.41) is 17.6. The van der Waals surface area contributed by atoms with Crippen LogP contribution in [0.1, 0.15) is 18.1 Å². The van der Waals surface area contributed by atoms with Crippen molar-refractivity contribution in [3.05, 3.63) is 34.1 Å². The molecule has 0 spiro atoms. The summed E-state index contributed by atoms with van der Waals surface area (Å²) in [6.45, 7) is 0. The molecule has 4 heteroatoms. The van der Waals surface area contributed by atoms with Gasteiger partial charge in [-0.05, 0) is 12.1 Å². The highest BCUT2D eigenvalue weighted by molar-refractivity contribution is 9.10. The second-order valence-corrected chi connectivity index (χ2v) is 3.46. The van der Waals surface area contributed by atoms with E-state index in [2.05, 4.69) is 15.9 Å². The first kappa shape index (κ1) is 10.2. The van der Waals surface area contributed by atoms with Gasteiger partial charge in [-0.25, -0.2) is 4.39 Å². The summed E-state index contributed by atoms with van der Waals surface area (Å²) in [6.07, 6.45) is -1.14. The molecule has 0 fully saturated rings. The van der Waals surface area contributed by atoms with Crippen LogP contribution in [-0.4, -0.2) is 5.11 Å². The smallest absolute Gasteiger partial charge is 0.130 e. The molecule has 1 unspecified atom stereocenters. The Balaban J connectivity index is 2.96. The van der Waals surface area contributed by atoms with Crippen molar-refractivity contribution in [1.82, 2.24) is 0 Å². The minimum absolute atomic E-state index is 0.0987. The normalized spacial score (nSPS) is 12.2. The lowest BCUT2D eigenvalue weighted by molar-refractivity contribution is 0.178. The Bertz CT molecular complexity index is 348. The number of rotatable bonds is 2. The Kier molecular flexibility index (Phi) is 3.40. The van der Waals surface area contributed by atoms with Gasteiger partial charge in [-0.2, -0.15) is 5.26 Å². The van der Waals surface area contributed by atoms with E-state index >= 15 is 0 Å². The molecule has 0 aliphatic heterocycles. The average molecular weight is 244 g/mol. The van der Waals surface area contributed by atoms with Crippen LogP contribution in [0.4, 0.5) is 4.39 Å². The van der Waals surface area contributed by atoms with Gasteiger partial charge in [0.25, 0.3) is 0 Å². The fourth-order valence-corrected chi connectivity index (χ4v) is 1.30. The first-order chi connectivity index (χ1) is 6.15. The van der Waals surface area contributed by atoms with Crippen LogP contribution in [0.5, 0.6) is 0 Å². The van der Waals surface area contributed by atoms with E-state index in [1.165, 1.54) is 12.1 Å². The molecule has 0 bridgehead atoms. The highest BCUT2D eigenvalue weighted by atomic mass is 79.9. The molecule has 0 aromatic heterocycles. The zero-order chi connectivity index (χ0) is 9.84. The number of nitriles is 1. The largest absolute Gasteiger partial charge is 0.387 e. The lowest BCUT2D eigenvalue weighted by Gasteiger charge is -2.07. The Labute approximate surface area is 83.7 Å². The van der Waals surface area contributed by atoms with Gasteiger partial charge in [0, 0.05) is 10.0 Å². The number of aliphatic hydroxyl groups excluding tert-OH is 1. The highest BCUT2D eigenvalue weighted by Gasteiger charge is 2.11. The van der Waals surface area contributed by atoms with Crippen molar-refractivity contribution >= 4 is 15.9 Å². The van der Waals surface area contributed by atoms with E-state index in [0.29, 0.717) is 4.47 Å². The minimum Gasteiger partial charge on any atom is -0.387 e. The number of benzene rings is 1. The fraction of sp³-hybridized carbons (Fsp3) is 0.222. The van der Waals surface area contributed by atoms with E-state index in [1.807, 2.05) is 0 Å². The molecule has 0 aliphatic carbocycles. The molecule has 1 aromatic rings. The summed E-state index contributed by atoms with van der Waals surface area (Å²) in [7, 11) is 0. The third-order valence-electron chi connectivity index (χ3n) is 1.61. The van der Waals surface area contributed by atoms with Gasteiger partial charge in [-0.3, -0.25) is 0 Å². The van der Waals surface area contributed by atoms with E-state index in [-0.39, 0.29) is 12.0 Å². The van der Waals surface area contributed by atoms with Gasteiger partial charge in [-0.1, -0.05) is 22.0 Å². The van der Waals surface area contributed by atoms with Gasteiger partial charge < -0.3 is 5.11 Å². The highest BCUT2D eigenvalue weighted by Crippen LogP contribution is 2.22. The topological polar surface area (TPSA) is 44.0 Å². The summed E-state index contributed by atoms with van der Waals surface area (Å²) in [4.78, 5) is 0. The summed E-state index contributed by atoms with van der Waals surface area (Å²) in [5.74, 6) is -0.503. The van der Waals surface area contributed by atoms with Gasteiger partial charge in [-0.15, -0.1) is 0 Å². The van der Waals surface area contributed by atoms with Crippen LogP contribution in [0.15, 0.2) is 22.7 Å². The van der Waals surface area contributed by atoms with Gasteiger partial charge in [0.15, 0.2) is 0 Å². The summed E-state index contributed by atoms with van der Waals surface area (Å²) in [6, 6.07) is 6.12. The summed E-state index contributed by atoms with van der Waals surface area (Å²) >= 11 is 3.10. The Morgan fingerprint density at radius 2 is 2.31 bits per heavy atom. The third-order valence-corrected chi connectivity index (χ3v) is 2.10. The maximum Gasteiger partial charge on any atom is 0.130 e. The minimum atomic E-state index is -1.04. The lowest BCUT2D eigenvalue weighted by atomic mass is 10.1. The van der Waals surface area contributed by atoms with Crippen molar-refractivity contribution in [2.45, 2.75) is 12.5 Å². The zero-order valence-electron chi connectivity index (χ0n) is 6.67. The molecule has 1 aromatic carbocycles. The van der Waals surface area contributed by atoms with Crippen LogP contribution in [-0.2, 0) is 0 Å². The van der Waals surface area contributed by atoms with Crippen LogP contribution in [0.3, 0.4) is 0 Å². The van der Waals surface area contributed by atoms with Crippen molar-refractivity contribution in [1.29, 1.82) is 5.26 Å². The molecule has 0 saturated heterocycles. The third kappa shape index (κ3) is 2.51. The summed E-state index contributed by atoms with van der Waals surface area (Å²) < 4.78 is 13.7. The Morgan fingerprint density at radius 3 is 2.85 bits per heavy atom. The summed E-state index contributed by atoms with van der Waals surface area (Å²) in [5.41, 5.74) is 0.157. The van der Waals surface area contributed by atoms with Crippen LogP contribution < -0.4 is 0 Å². The second kappa shape index (κ2) is 4.35. The first-order valence-electron chi connectivity index (χ1n) is 3.65. The van der Waals surface area contributed by atoms with Gasteiger partial charge in [0.05, 0.1) is 18.6 Å². The van der Waals surface area contributed by atoms with E-state index in [4.69, 9.17) is 5.26 Å². The lowest BCUT2D eigenvalue weighted by Crippen LogP contribution is -1.99. The maximum absolute atomic E-state index is 13.1. The van der Waals surface area contributed by atoms with Crippen LogP contribution in [0, 0.1) is 17.1 Å². The van der Waals surface area contributed by atoms with Crippen molar-refractivity contribution < 1.29 is 9.50 Å². The monoisotopic (exact) mass is 243 g/mol. The van der Waals surface area contributed by atoms with E-state index in [9.17, 15) is 9.50 Å². The Morgan fingerprint density at radius 1 is 1.62 bits per heavy atom. The van der Waals surface area contributed by atoms with Crippen molar-refractivity contribution in [3.63, 3.8) is 0 Å². The predicted octanol–water partition coefficient (Wildman–Crippen LogP) is 2.54. The number of hydrogen-bond acceptors (Lipinski definition) is 2. The SMILES string of the molecule is N#CCC(O)c1ccc(Br)cc1F. The van der Waals surface area contributed by atoms with Crippen LogP contribution in [0.25, 0.3) is 0 Å². The molecular formula is C9H7BrFNO. The van der Waals surface area contributed by atoms with E-state index in [0.717, 1.165) is 0 Å². The number of aliphatic hydroxyl groups is 1. The molecule has 13 heavy (non-hydrogen) atoms. The fourth-order valence-electron chi connectivity index (χ4n) is 0.968.